The van der Waals surface area contributed by atoms with Crippen LogP contribution in [0, 0.1) is 0 Å². The van der Waals surface area contributed by atoms with Gasteiger partial charge in [-0.1, -0.05) is 38.4 Å². The molecule has 0 spiro atoms. The van der Waals surface area contributed by atoms with Crippen LogP contribution in [-0.2, 0) is 21.4 Å². The number of esters is 1. The van der Waals surface area contributed by atoms with Crippen molar-refractivity contribution in [1.82, 2.24) is 9.97 Å². The zero-order valence-corrected chi connectivity index (χ0v) is 16.5. The molecule has 1 aromatic carbocycles. The van der Waals surface area contributed by atoms with Crippen molar-refractivity contribution in [3.63, 3.8) is 0 Å². The number of ether oxygens (including phenoxy) is 1. The summed E-state index contributed by atoms with van der Waals surface area (Å²) in [5, 5.41) is 1.31. The lowest BCUT2D eigenvalue weighted by Gasteiger charge is -2.19. The number of halogens is 1. The number of pyridine rings is 1. The molecule has 2 aromatic heterocycles. The maximum absolute atomic E-state index is 13.2. The summed E-state index contributed by atoms with van der Waals surface area (Å²) in [5.41, 5.74) is 2.83. The van der Waals surface area contributed by atoms with Crippen molar-refractivity contribution in [3.8, 4) is 0 Å². The molecule has 0 atom stereocenters. The number of rotatable bonds is 4. The number of nitrogens with zero attached hydrogens (tertiary/aromatic N) is 1. The molecule has 3 aromatic rings. The molecule has 140 valence electrons. The number of nitrogens with one attached hydrogen (secondary N) is 1. The number of hydrogen-bond donors (Lipinski definition) is 1. The molecule has 0 bridgehead atoms. The van der Waals surface area contributed by atoms with Crippen molar-refractivity contribution in [2.24, 2.45) is 0 Å². The summed E-state index contributed by atoms with van der Waals surface area (Å²) in [5.74, 6) is -0.691. The Morgan fingerprint density at radius 1 is 1.19 bits per heavy atom. The van der Waals surface area contributed by atoms with Crippen LogP contribution in [-0.4, -0.2) is 28.8 Å². The van der Waals surface area contributed by atoms with Crippen LogP contribution < -0.4 is 0 Å². The Morgan fingerprint density at radius 3 is 2.59 bits per heavy atom. The highest BCUT2D eigenvalue weighted by Gasteiger charge is 2.24. The second-order valence-corrected chi connectivity index (χ2v) is 7.87. The van der Waals surface area contributed by atoms with Gasteiger partial charge in [-0.15, -0.1) is 0 Å². The first-order valence-electron chi connectivity index (χ1n) is 8.59. The molecule has 3 rings (SSSR count). The topological polar surface area (TPSA) is 72.1 Å². The summed E-state index contributed by atoms with van der Waals surface area (Å²) in [6.45, 7) is 6.22. The molecule has 2 heterocycles. The average molecular weight is 385 g/mol. The van der Waals surface area contributed by atoms with Gasteiger partial charge in [0.1, 0.15) is 5.69 Å². The van der Waals surface area contributed by atoms with Gasteiger partial charge in [0, 0.05) is 27.7 Å². The number of H-pyrrole nitrogens is 1. The van der Waals surface area contributed by atoms with Crippen LogP contribution in [0.25, 0.3) is 10.9 Å². The lowest BCUT2D eigenvalue weighted by Crippen LogP contribution is -2.15. The summed E-state index contributed by atoms with van der Waals surface area (Å²) < 4.78 is 4.79. The fraction of sp³-hybridized carbons (Fsp3) is 0.286. The minimum atomic E-state index is -0.420. The molecule has 0 unspecified atom stereocenters. The Balaban J connectivity index is 2.14. The predicted octanol–water partition coefficient (Wildman–Crippen LogP) is 4.46. The van der Waals surface area contributed by atoms with E-state index in [1.807, 2.05) is 6.07 Å². The molecular formula is C21H21ClN2O3. The normalized spacial score (nSPS) is 11.6. The zero-order valence-electron chi connectivity index (χ0n) is 15.7. The van der Waals surface area contributed by atoms with Crippen LogP contribution in [0.15, 0.2) is 36.5 Å². The number of aromatic nitrogens is 2. The molecule has 0 saturated carbocycles. The molecular weight excluding hydrogens is 364 g/mol. The summed E-state index contributed by atoms with van der Waals surface area (Å²) in [6, 6.07) is 8.95. The summed E-state index contributed by atoms with van der Waals surface area (Å²) in [6.07, 6.45) is 1.62. The van der Waals surface area contributed by atoms with Crippen molar-refractivity contribution >= 4 is 34.3 Å². The predicted molar refractivity (Wildman–Crippen MR) is 105 cm³/mol. The largest absolute Gasteiger partial charge is 0.469 e. The van der Waals surface area contributed by atoms with E-state index in [9.17, 15) is 9.59 Å². The maximum Gasteiger partial charge on any atom is 0.310 e. The SMILES string of the molecule is COC(=O)Cc1c(C(=O)c2cc(C(C)(C)C)ccn2)[nH]c2cc(Cl)ccc12. The number of hydrogen-bond acceptors (Lipinski definition) is 4. The van der Waals surface area contributed by atoms with Gasteiger partial charge in [0.2, 0.25) is 5.78 Å². The van der Waals surface area contributed by atoms with Crippen molar-refractivity contribution in [2.75, 3.05) is 7.11 Å². The second kappa shape index (κ2) is 7.16. The lowest BCUT2D eigenvalue weighted by molar-refractivity contribution is -0.139. The molecule has 5 nitrogen and oxygen atoms in total. The monoisotopic (exact) mass is 384 g/mol. The van der Waals surface area contributed by atoms with E-state index >= 15 is 0 Å². The van der Waals surface area contributed by atoms with Crippen LogP contribution >= 0.6 is 11.6 Å². The van der Waals surface area contributed by atoms with Gasteiger partial charge in [-0.2, -0.15) is 0 Å². The molecule has 0 saturated heterocycles. The van der Waals surface area contributed by atoms with Gasteiger partial charge in [-0.3, -0.25) is 14.6 Å². The van der Waals surface area contributed by atoms with Crippen molar-refractivity contribution in [1.29, 1.82) is 0 Å². The van der Waals surface area contributed by atoms with Crippen LogP contribution in [0.5, 0.6) is 0 Å². The number of methoxy groups -OCH3 is 1. The second-order valence-electron chi connectivity index (χ2n) is 7.43. The lowest BCUT2D eigenvalue weighted by atomic mass is 9.87. The van der Waals surface area contributed by atoms with Crippen molar-refractivity contribution in [3.05, 3.63) is 64.1 Å². The van der Waals surface area contributed by atoms with Crippen molar-refractivity contribution < 1.29 is 14.3 Å². The van der Waals surface area contributed by atoms with Crippen LogP contribution in [0.4, 0.5) is 0 Å². The number of ketones is 1. The summed E-state index contributed by atoms with van der Waals surface area (Å²) in [7, 11) is 1.32. The Kier molecular flexibility index (Phi) is 5.07. The highest BCUT2D eigenvalue weighted by molar-refractivity contribution is 6.31. The molecule has 0 radical (unpaired) electrons. The van der Waals surface area contributed by atoms with E-state index in [1.54, 1.807) is 30.5 Å². The van der Waals surface area contributed by atoms with Gasteiger partial charge < -0.3 is 9.72 Å². The third-order valence-electron chi connectivity index (χ3n) is 4.50. The molecule has 0 aliphatic rings. The van der Waals surface area contributed by atoms with Gasteiger partial charge in [0.25, 0.3) is 0 Å². The fourth-order valence-corrected chi connectivity index (χ4v) is 3.14. The first kappa shape index (κ1) is 19.1. The number of aromatic amines is 1. The van der Waals surface area contributed by atoms with E-state index in [-0.39, 0.29) is 17.6 Å². The van der Waals surface area contributed by atoms with E-state index in [2.05, 4.69) is 30.7 Å². The number of fused-ring (bicyclic) bond motifs is 1. The Bertz CT molecular complexity index is 1030. The summed E-state index contributed by atoms with van der Waals surface area (Å²) in [4.78, 5) is 32.4. The highest BCUT2D eigenvalue weighted by atomic mass is 35.5. The Hall–Kier alpha value is -2.66. The Morgan fingerprint density at radius 2 is 1.93 bits per heavy atom. The minimum absolute atomic E-state index is 0.0157. The molecule has 0 aliphatic heterocycles. The molecule has 6 heteroatoms. The molecule has 0 amide bonds. The van der Waals surface area contributed by atoms with Gasteiger partial charge in [-0.25, -0.2) is 0 Å². The number of carbonyl (C=O) groups is 2. The van der Waals surface area contributed by atoms with Crippen LogP contribution in [0.2, 0.25) is 5.02 Å². The smallest absolute Gasteiger partial charge is 0.310 e. The summed E-state index contributed by atoms with van der Waals surface area (Å²) >= 11 is 6.07. The minimum Gasteiger partial charge on any atom is -0.469 e. The van der Waals surface area contributed by atoms with E-state index in [1.165, 1.54) is 7.11 Å². The average Bonchev–Trinajstić information content (AvgIpc) is 2.97. The van der Waals surface area contributed by atoms with Gasteiger partial charge in [-0.05, 0) is 35.2 Å². The van der Waals surface area contributed by atoms with Crippen LogP contribution in [0.3, 0.4) is 0 Å². The third kappa shape index (κ3) is 3.88. The van der Waals surface area contributed by atoms with E-state index < -0.39 is 5.97 Å². The highest BCUT2D eigenvalue weighted by Crippen LogP contribution is 2.28. The standard InChI is InChI=1S/C21H21ClN2O3/c1-21(2,3)12-7-8-23-17(9-12)20(26)19-15(11-18(25)27-4)14-6-5-13(22)10-16(14)24-19/h5-10,24H,11H2,1-4H3. The fourth-order valence-electron chi connectivity index (χ4n) is 2.97. The van der Waals surface area contributed by atoms with E-state index in [0.29, 0.717) is 27.5 Å². The number of carbonyl (C=O) groups excluding carboxylic acids is 2. The van der Waals surface area contributed by atoms with E-state index in [4.69, 9.17) is 16.3 Å². The zero-order chi connectivity index (χ0) is 19.8. The van der Waals surface area contributed by atoms with Crippen LogP contribution in [0.1, 0.15) is 48.1 Å². The maximum atomic E-state index is 13.2. The quantitative estimate of drug-likeness (QED) is 0.532. The molecule has 0 fully saturated rings. The van der Waals surface area contributed by atoms with Gasteiger partial charge in [0.05, 0.1) is 19.2 Å². The van der Waals surface area contributed by atoms with Gasteiger partial charge in [0.15, 0.2) is 0 Å². The Labute approximate surface area is 162 Å². The third-order valence-corrected chi connectivity index (χ3v) is 4.74. The molecule has 27 heavy (non-hydrogen) atoms. The number of benzene rings is 1. The first-order chi connectivity index (χ1) is 12.7. The van der Waals surface area contributed by atoms with Crippen molar-refractivity contribution in [2.45, 2.75) is 32.6 Å². The van der Waals surface area contributed by atoms with E-state index in [0.717, 1.165) is 10.9 Å². The first-order valence-corrected chi connectivity index (χ1v) is 8.96. The molecule has 1 N–H and O–H groups in total. The molecule has 0 aliphatic carbocycles. The van der Waals surface area contributed by atoms with Gasteiger partial charge >= 0.3 is 5.97 Å².